The number of nitriles is 1. The van der Waals surface area contributed by atoms with Crippen molar-refractivity contribution in [2.24, 2.45) is 0 Å². The largest absolute Gasteiger partial charge is 0.465 e. The Labute approximate surface area is 90.2 Å². The lowest BCUT2D eigenvalue weighted by Crippen LogP contribution is -2.08. The molecule has 0 spiro atoms. The van der Waals surface area contributed by atoms with Gasteiger partial charge in [0, 0.05) is 12.1 Å². The fraction of sp³-hybridized carbons (Fsp3) is 0.111. The molecule has 0 unspecified atom stereocenters. The monoisotopic (exact) mass is 221 g/mol. The summed E-state index contributed by atoms with van der Waals surface area (Å²) in [6.45, 7) is 0. The summed E-state index contributed by atoms with van der Waals surface area (Å²) in [5.41, 5.74) is 4.67. The third-order valence-electron chi connectivity index (χ3n) is 1.90. The van der Waals surface area contributed by atoms with E-state index in [2.05, 4.69) is 4.74 Å². The average molecular weight is 221 g/mol. The molecule has 7 nitrogen and oxygen atoms in total. The second-order valence-electron chi connectivity index (χ2n) is 2.82. The number of nitrogens with two attached hydrogens (primary N) is 1. The number of ether oxygens (including phenoxy) is 1. The number of benzene rings is 1. The average Bonchev–Trinajstić information content (AvgIpc) is 2.28. The van der Waals surface area contributed by atoms with Crippen molar-refractivity contribution in [3.63, 3.8) is 0 Å². The maximum Gasteiger partial charge on any atom is 0.340 e. The van der Waals surface area contributed by atoms with Gasteiger partial charge in [-0.1, -0.05) is 0 Å². The van der Waals surface area contributed by atoms with Gasteiger partial charge in [0.25, 0.3) is 5.69 Å². The molecule has 0 atom stereocenters. The van der Waals surface area contributed by atoms with Gasteiger partial charge in [0.2, 0.25) is 0 Å². The number of nitrogen functional groups attached to an aromatic ring is 1. The molecule has 82 valence electrons. The lowest BCUT2D eigenvalue weighted by atomic mass is 10.1. The molecule has 0 aromatic heterocycles. The first kappa shape index (κ1) is 11.5. The molecular formula is C9H7N3O4. The number of non-ortho nitro benzene ring substituents is 1. The Morgan fingerprint density at radius 1 is 1.62 bits per heavy atom. The van der Waals surface area contributed by atoms with Crippen LogP contribution in [0.15, 0.2) is 12.1 Å². The van der Waals surface area contributed by atoms with Gasteiger partial charge in [-0.25, -0.2) is 4.79 Å². The zero-order chi connectivity index (χ0) is 12.3. The van der Waals surface area contributed by atoms with Gasteiger partial charge >= 0.3 is 5.97 Å². The fourth-order valence-corrected chi connectivity index (χ4v) is 1.11. The number of methoxy groups -OCH3 is 1. The Balaban J connectivity index is 3.49. The van der Waals surface area contributed by atoms with Gasteiger partial charge in [0.15, 0.2) is 0 Å². The summed E-state index contributed by atoms with van der Waals surface area (Å²) in [6, 6.07) is 3.65. The van der Waals surface area contributed by atoms with Gasteiger partial charge in [0.05, 0.1) is 28.8 Å². The summed E-state index contributed by atoms with van der Waals surface area (Å²) in [5.74, 6) is -0.822. The highest BCUT2D eigenvalue weighted by Crippen LogP contribution is 2.24. The number of carbonyl (C=O) groups is 1. The molecular weight excluding hydrogens is 214 g/mol. The van der Waals surface area contributed by atoms with Gasteiger partial charge in [-0.3, -0.25) is 10.1 Å². The highest BCUT2D eigenvalue weighted by Gasteiger charge is 2.19. The normalized spacial score (nSPS) is 9.25. The molecule has 7 heteroatoms. The number of hydrogen-bond acceptors (Lipinski definition) is 6. The molecule has 1 aromatic rings. The number of anilines is 1. The molecule has 0 bridgehead atoms. The third kappa shape index (κ3) is 1.90. The van der Waals surface area contributed by atoms with Crippen LogP contribution in [-0.2, 0) is 4.74 Å². The van der Waals surface area contributed by atoms with Crippen molar-refractivity contribution in [2.75, 3.05) is 12.8 Å². The molecule has 0 aliphatic heterocycles. The molecule has 0 aliphatic rings. The van der Waals surface area contributed by atoms with E-state index in [9.17, 15) is 14.9 Å². The number of carbonyl (C=O) groups excluding carboxylic acids is 1. The lowest BCUT2D eigenvalue weighted by molar-refractivity contribution is -0.384. The van der Waals surface area contributed by atoms with Crippen molar-refractivity contribution in [3.05, 3.63) is 33.4 Å². The first-order valence-electron chi connectivity index (χ1n) is 4.07. The van der Waals surface area contributed by atoms with E-state index in [0.717, 1.165) is 19.2 Å². The first-order chi connectivity index (χ1) is 7.51. The minimum Gasteiger partial charge on any atom is -0.465 e. The van der Waals surface area contributed by atoms with E-state index in [1.54, 1.807) is 6.07 Å². The van der Waals surface area contributed by atoms with Crippen LogP contribution in [0.25, 0.3) is 0 Å². The molecule has 0 saturated carbocycles. The number of esters is 1. The number of nitrogens with zero attached hydrogens (tertiary/aromatic N) is 2. The summed E-state index contributed by atoms with van der Waals surface area (Å²) < 4.78 is 4.40. The lowest BCUT2D eigenvalue weighted by Gasteiger charge is -2.04. The van der Waals surface area contributed by atoms with Crippen LogP contribution in [0, 0.1) is 21.4 Å². The third-order valence-corrected chi connectivity index (χ3v) is 1.90. The number of hydrogen-bond donors (Lipinski definition) is 1. The number of nitro groups is 1. The van der Waals surface area contributed by atoms with Crippen LogP contribution in [0.3, 0.4) is 0 Å². The second kappa shape index (κ2) is 4.27. The van der Waals surface area contributed by atoms with Crippen LogP contribution in [0.4, 0.5) is 11.4 Å². The topological polar surface area (TPSA) is 119 Å². The maximum atomic E-state index is 11.2. The van der Waals surface area contributed by atoms with Crippen LogP contribution in [-0.4, -0.2) is 18.0 Å². The molecule has 0 aliphatic carbocycles. The summed E-state index contributed by atoms with van der Waals surface area (Å²) >= 11 is 0. The van der Waals surface area contributed by atoms with E-state index in [1.165, 1.54) is 0 Å². The Bertz CT molecular complexity index is 504. The fourth-order valence-electron chi connectivity index (χ4n) is 1.11. The van der Waals surface area contributed by atoms with E-state index in [0.29, 0.717) is 0 Å². The van der Waals surface area contributed by atoms with Crippen molar-refractivity contribution in [1.82, 2.24) is 0 Å². The van der Waals surface area contributed by atoms with E-state index in [4.69, 9.17) is 11.0 Å². The van der Waals surface area contributed by atoms with Crippen LogP contribution in [0.2, 0.25) is 0 Å². The van der Waals surface area contributed by atoms with E-state index in [-0.39, 0.29) is 22.5 Å². The van der Waals surface area contributed by atoms with Gasteiger partial charge in [0.1, 0.15) is 6.07 Å². The summed E-state index contributed by atoms with van der Waals surface area (Å²) in [5, 5.41) is 19.2. The van der Waals surface area contributed by atoms with Crippen molar-refractivity contribution >= 4 is 17.3 Å². The predicted molar refractivity (Wildman–Crippen MR) is 53.6 cm³/mol. The number of nitro benzene ring substituents is 1. The van der Waals surface area contributed by atoms with Crippen LogP contribution in [0.5, 0.6) is 0 Å². The smallest absolute Gasteiger partial charge is 0.340 e. The van der Waals surface area contributed by atoms with Gasteiger partial charge in [-0.05, 0) is 0 Å². The maximum absolute atomic E-state index is 11.2. The van der Waals surface area contributed by atoms with Gasteiger partial charge < -0.3 is 10.5 Å². The van der Waals surface area contributed by atoms with E-state index < -0.39 is 10.9 Å². The zero-order valence-electron chi connectivity index (χ0n) is 8.26. The Hall–Kier alpha value is -2.62. The SMILES string of the molecule is COC(=O)c1cc([N+](=O)[O-])cc(C#N)c1N. The molecule has 1 rings (SSSR count). The quantitative estimate of drug-likeness (QED) is 0.342. The highest BCUT2D eigenvalue weighted by atomic mass is 16.6. The molecule has 1 aromatic carbocycles. The molecule has 0 amide bonds. The standard InChI is InChI=1S/C9H7N3O4/c1-16-9(13)7-3-6(12(14)15)2-5(4-10)8(7)11/h2-3H,11H2,1H3. The van der Waals surface area contributed by atoms with Crippen molar-refractivity contribution in [2.45, 2.75) is 0 Å². The number of rotatable bonds is 2. The Morgan fingerprint density at radius 3 is 2.69 bits per heavy atom. The highest BCUT2D eigenvalue weighted by molar-refractivity contribution is 5.97. The van der Waals surface area contributed by atoms with Crippen molar-refractivity contribution in [1.29, 1.82) is 5.26 Å². The van der Waals surface area contributed by atoms with Crippen LogP contribution in [0.1, 0.15) is 15.9 Å². The van der Waals surface area contributed by atoms with Gasteiger partial charge in [-0.15, -0.1) is 0 Å². The summed E-state index contributed by atoms with van der Waals surface area (Å²) in [4.78, 5) is 21.1. The van der Waals surface area contributed by atoms with E-state index >= 15 is 0 Å². The Morgan fingerprint density at radius 2 is 2.25 bits per heavy atom. The minimum absolute atomic E-state index is 0.125. The second-order valence-corrected chi connectivity index (χ2v) is 2.82. The van der Waals surface area contributed by atoms with Crippen molar-refractivity contribution in [3.8, 4) is 6.07 Å². The van der Waals surface area contributed by atoms with Crippen LogP contribution >= 0.6 is 0 Å². The Kier molecular flexibility index (Phi) is 3.06. The molecule has 0 radical (unpaired) electrons. The first-order valence-corrected chi connectivity index (χ1v) is 4.07. The van der Waals surface area contributed by atoms with Gasteiger partial charge in [-0.2, -0.15) is 5.26 Å². The van der Waals surface area contributed by atoms with E-state index in [1.807, 2.05) is 0 Å². The summed E-state index contributed by atoms with van der Waals surface area (Å²) in [6.07, 6.45) is 0. The van der Waals surface area contributed by atoms with Crippen LogP contribution < -0.4 is 5.73 Å². The predicted octanol–water partition coefficient (Wildman–Crippen LogP) is 0.835. The molecule has 16 heavy (non-hydrogen) atoms. The summed E-state index contributed by atoms with van der Waals surface area (Å²) in [7, 11) is 1.12. The molecule has 0 fully saturated rings. The molecule has 0 saturated heterocycles. The molecule has 0 heterocycles. The zero-order valence-corrected chi connectivity index (χ0v) is 8.26. The molecule has 2 N–H and O–H groups in total. The van der Waals surface area contributed by atoms with Crippen molar-refractivity contribution < 1.29 is 14.5 Å². The minimum atomic E-state index is -0.822.